The van der Waals surface area contributed by atoms with Crippen LogP contribution in [0.4, 0.5) is 0 Å². The van der Waals surface area contributed by atoms with Crippen molar-refractivity contribution in [2.45, 2.75) is 27.0 Å². The Morgan fingerprint density at radius 2 is 1.56 bits per heavy atom. The third-order valence-corrected chi connectivity index (χ3v) is 3.28. The molecule has 0 atom stereocenters. The van der Waals surface area contributed by atoms with Gasteiger partial charge in [-0.3, -0.25) is 0 Å². The van der Waals surface area contributed by atoms with E-state index in [1.807, 2.05) is 29.6 Å². The quantitative estimate of drug-likeness (QED) is 0.729. The minimum absolute atomic E-state index is 0. The summed E-state index contributed by atoms with van der Waals surface area (Å²) in [6, 6.07) is 10.5. The maximum absolute atomic E-state index is 2.23. The largest absolute Gasteiger partial charge is 0.165 e. The lowest BCUT2D eigenvalue weighted by molar-refractivity contribution is 0.751. The summed E-state index contributed by atoms with van der Waals surface area (Å²) >= 11 is 3.76. The van der Waals surface area contributed by atoms with Crippen LogP contribution in [-0.4, -0.2) is 18.3 Å². The molecule has 1 aromatic rings. The van der Waals surface area contributed by atoms with Crippen LogP contribution in [0.15, 0.2) is 30.3 Å². The summed E-state index contributed by atoms with van der Waals surface area (Å²) < 4.78 is 0. The van der Waals surface area contributed by atoms with Gasteiger partial charge in [0.1, 0.15) is 0 Å². The lowest BCUT2D eigenvalue weighted by atomic mass is 10.2. The summed E-state index contributed by atoms with van der Waals surface area (Å²) in [6.07, 6.45) is 4.26. The molecule has 2 heteroatoms. The fraction of sp³-hybridized carbons (Fsp3) is 0.571. The van der Waals surface area contributed by atoms with E-state index < -0.39 is 0 Å². The van der Waals surface area contributed by atoms with E-state index in [0.717, 1.165) is 11.7 Å². The summed E-state index contributed by atoms with van der Waals surface area (Å²) in [6.45, 7) is 4.47. The van der Waals surface area contributed by atoms with Gasteiger partial charge in [0.15, 0.2) is 0 Å². The molecule has 0 saturated heterocycles. The van der Waals surface area contributed by atoms with Gasteiger partial charge in [0.05, 0.1) is 0 Å². The maximum atomic E-state index is 2.23. The van der Waals surface area contributed by atoms with Crippen molar-refractivity contribution in [1.29, 1.82) is 0 Å². The molecule has 1 aromatic carbocycles. The molecule has 0 fully saturated rings. The van der Waals surface area contributed by atoms with Crippen LogP contribution in [-0.2, 0) is 5.75 Å². The van der Waals surface area contributed by atoms with Crippen molar-refractivity contribution in [3.8, 4) is 0 Å². The van der Waals surface area contributed by atoms with Gasteiger partial charge < -0.3 is 0 Å². The fourth-order valence-electron chi connectivity index (χ4n) is 1.07. The number of hydrogen-bond acceptors (Lipinski definition) is 2. The number of benzene rings is 1. The summed E-state index contributed by atoms with van der Waals surface area (Å²) in [5, 5.41) is 0. The highest BCUT2D eigenvalue weighted by Gasteiger charge is 1.86. The molecule has 0 aliphatic heterocycles. The van der Waals surface area contributed by atoms with Gasteiger partial charge in [-0.2, -0.15) is 23.5 Å². The number of thioether (sulfide) groups is 2. The minimum atomic E-state index is 0. The molecule has 0 radical (unpaired) electrons. The smallest absolute Gasteiger partial charge is 0.0181 e. The monoisotopic (exact) mass is 258 g/mol. The Kier molecular flexibility index (Phi) is 14.8. The molecule has 0 saturated carbocycles. The zero-order valence-corrected chi connectivity index (χ0v) is 11.8. The van der Waals surface area contributed by atoms with Crippen LogP contribution in [0.5, 0.6) is 0 Å². The third kappa shape index (κ3) is 12.0. The highest BCUT2D eigenvalue weighted by atomic mass is 32.2. The molecule has 0 aliphatic rings. The zero-order chi connectivity index (χ0) is 11.5. The molecule has 0 aromatic heterocycles. The van der Waals surface area contributed by atoms with Gasteiger partial charge in [-0.25, -0.2) is 0 Å². The van der Waals surface area contributed by atoms with E-state index >= 15 is 0 Å². The van der Waals surface area contributed by atoms with E-state index in [0.29, 0.717) is 0 Å². The first-order chi connectivity index (χ1) is 7.20. The Morgan fingerprint density at radius 1 is 1.00 bits per heavy atom. The minimum Gasteiger partial charge on any atom is -0.165 e. The second-order valence-electron chi connectivity index (χ2n) is 3.77. The second kappa shape index (κ2) is 13.0. The van der Waals surface area contributed by atoms with Gasteiger partial charge in [-0.1, -0.05) is 51.6 Å². The van der Waals surface area contributed by atoms with Gasteiger partial charge in [0.25, 0.3) is 0 Å². The van der Waals surface area contributed by atoms with Crippen LogP contribution < -0.4 is 0 Å². The molecule has 0 aliphatic carbocycles. The van der Waals surface area contributed by atoms with Gasteiger partial charge in [0.2, 0.25) is 0 Å². The first-order valence-electron chi connectivity index (χ1n) is 5.22. The molecule has 94 valence electrons. The van der Waals surface area contributed by atoms with E-state index in [9.17, 15) is 0 Å². The van der Waals surface area contributed by atoms with E-state index in [-0.39, 0.29) is 7.43 Å². The van der Waals surface area contributed by atoms with Gasteiger partial charge in [0, 0.05) is 5.75 Å². The Bertz CT molecular complexity index is 219. The van der Waals surface area contributed by atoms with Crippen LogP contribution in [0.2, 0.25) is 0 Å². The number of hydrogen-bond donors (Lipinski definition) is 0. The standard InChI is InChI=1S/C8H10S.C5H12S.CH4/c1-9-7-8-5-3-2-4-6-8;1-5(2)4-6-3;/h2-6H,7H2,1H3;5H,4H2,1-3H3;1H4. The first kappa shape index (κ1) is 18.3. The average molecular weight is 258 g/mol. The van der Waals surface area contributed by atoms with Crippen LogP contribution in [0.1, 0.15) is 26.8 Å². The molecule has 0 unspecified atom stereocenters. The summed E-state index contributed by atoms with van der Waals surface area (Å²) in [4.78, 5) is 0. The highest BCUT2D eigenvalue weighted by Crippen LogP contribution is 2.06. The van der Waals surface area contributed by atoms with Gasteiger partial charge in [-0.05, 0) is 29.7 Å². The molecule has 0 bridgehead atoms. The molecule has 0 spiro atoms. The Balaban J connectivity index is 0. The molecule has 0 nitrogen and oxygen atoms in total. The lowest BCUT2D eigenvalue weighted by Crippen LogP contribution is -1.87. The molecule has 1 rings (SSSR count). The SMILES string of the molecule is C.CSCC(C)C.CSCc1ccccc1. The molecular weight excluding hydrogens is 232 g/mol. The van der Waals surface area contributed by atoms with Gasteiger partial charge >= 0.3 is 0 Å². The van der Waals surface area contributed by atoms with Crippen LogP contribution >= 0.6 is 23.5 Å². The normalized spacial score (nSPS) is 9.06. The van der Waals surface area contributed by atoms with Crippen molar-refractivity contribution in [3.05, 3.63) is 35.9 Å². The Labute approximate surface area is 111 Å². The van der Waals surface area contributed by atoms with Gasteiger partial charge in [-0.15, -0.1) is 0 Å². The van der Waals surface area contributed by atoms with Crippen LogP contribution in [0.3, 0.4) is 0 Å². The first-order valence-corrected chi connectivity index (χ1v) is 8.01. The maximum Gasteiger partial charge on any atom is 0.0181 e. The third-order valence-electron chi connectivity index (χ3n) is 1.65. The van der Waals surface area contributed by atoms with Crippen molar-refractivity contribution in [2.24, 2.45) is 5.92 Å². The van der Waals surface area contributed by atoms with E-state index in [1.165, 1.54) is 11.3 Å². The van der Waals surface area contributed by atoms with Crippen molar-refractivity contribution >= 4 is 23.5 Å². The van der Waals surface area contributed by atoms with E-state index in [1.54, 1.807) is 0 Å². The molecular formula is C14H26S2. The highest BCUT2D eigenvalue weighted by molar-refractivity contribution is 7.98. The second-order valence-corrected chi connectivity index (χ2v) is 5.54. The predicted molar refractivity (Wildman–Crippen MR) is 83.6 cm³/mol. The summed E-state index contributed by atoms with van der Waals surface area (Å²) in [5.74, 6) is 3.28. The van der Waals surface area contributed by atoms with Crippen molar-refractivity contribution in [2.75, 3.05) is 18.3 Å². The topological polar surface area (TPSA) is 0 Å². The lowest BCUT2D eigenvalue weighted by Gasteiger charge is -1.95. The molecule has 0 N–H and O–H groups in total. The molecule has 0 heterocycles. The Hall–Kier alpha value is -0.0800. The molecule has 0 amide bonds. The Morgan fingerprint density at radius 3 is 1.88 bits per heavy atom. The fourth-order valence-corrected chi connectivity index (χ4v) is 2.27. The number of rotatable bonds is 4. The summed E-state index contributed by atoms with van der Waals surface area (Å²) in [5.41, 5.74) is 1.41. The summed E-state index contributed by atoms with van der Waals surface area (Å²) in [7, 11) is 0. The van der Waals surface area contributed by atoms with E-state index in [4.69, 9.17) is 0 Å². The van der Waals surface area contributed by atoms with Crippen molar-refractivity contribution < 1.29 is 0 Å². The van der Waals surface area contributed by atoms with Crippen LogP contribution in [0, 0.1) is 5.92 Å². The molecule has 16 heavy (non-hydrogen) atoms. The zero-order valence-electron chi connectivity index (χ0n) is 10.2. The van der Waals surface area contributed by atoms with E-state index in [2.05, 4.69) is 50.6 Å². The van der Waals surface area contributed by atoms with Crippen molar-refractivity contribution in [3.63, 3.8) is 0 Å². The van der Waals surface area contributed by atoms with Crippen molar-refractivity contribution in [1.82, 2.24) is 0 Å². The predicted octanol–water partition coefficient (Wildman–Crippen LogP) is 5.19. The average Bonchev–Trinajstić information content (AvgIpc) is 2.20. The van der Waals surface area contributed by atoms with Crippen LogP contribution in [0.25, 0.3) is 0 Å².